The fourth-order valence-electron chi connectivity index (χ4n) is 2.28. The second-order valence-electron chi connectivity index (χ2n) is 4.18. The van der Waals surface area contributed by atoms with Gasteiger partial charge in [-0.05, 0) is 19.9 Å². The van der Waals surface area contributed by atoms with E-state index in [1.165, 1.54) is 0 Å². The molecule has 5 nitrogen and oxygen atoms in total. The van der Waals surface area contributed by atoms with Crippen molar-refractivity contribution in [3.63, 3.8) is 0 Å². The van der Waals surface area contributed by atoms with E-state index in [1.807, 2.05) is 6.92 Å². The first-order valence-electron chi connectivity index (χ1n) is 4.90. The van der Waals surface area contributed by atoms with E-state index < -0.39 is 0 Å². The second-order valence-corrected chi connectivity index (χ2v) is 4.18. The number of nitrogens with zero attached hydrogens (tertiary/aromatic N) is 2. The van der Waals surface area contributed by atoms with Crippen LogP contribution < -0.4 is 11.1 Å². The third-order valence-corrected chi connectivity index (χ3v) is 3.57. The molecule has 2 aliphatic rings. The summed E-state index contributed by atoms with van der Waals surface area (Å²) in [6, 6.07) is -0.225. The van der Waals surface area contributed by atoms with E-state index in [9.17, 15) is 4.79 Å². The number of hydrogen-bond donors (Lipinski definition) is 2. The summed E-state index contributed by atoms with van der Waals surface area (Å²) in [5.41, 5.74) is 5.45. The third-order valence-electron chi connectivity index (χ3n) is 3.57. The SMILES string of the molecule is CN1C(=O)N=C(N)C1(C)C1CCNC1. The van der Waals surface area contributed by atoms with E-state index in [2.05, 4.69) is 10.3 Å². The first-order chi connectivity index (χ1) is 6.56. The quantitative estimate of drug-likeness (QED) is 0.609. The maximum atomic E-state index is 11.4. The van der Waals surface area contributed by atoms with Crippen molar-refractivity contribution in [2.45, 2.75) is 18.9 Å². The lowest BCUT2D eigenvalue weighted by molar-refractivity contribution is 0.168. The van der Waals surface area contributed by atoms with Crippen LogP contribution in [0.25, 0.3) is 0 Å². The number of amidine groups is 1. The lowest BCUT2D eigenvalue weighted by Gasteiger charge is -2.36. The van der Waals surface area contributed by atoms with Crippen LogP contribution in [0.15, 0.2) is 4.99 Å². The molecule has 0 bridgehead atoms. The molecule has 2 atom stereocenters. The average Bonchev–Trinajstić information content (AvgIpc) is 2.72. The Kier molecular flexibility index (Phi) is 1.99. The van der Waals surface area contributed by atoms with E-state index >= 15 is 0 Å². The number of nitrogens with one attached hydrogen (secondary N) is 1. The molecule has 78 valence electrons. The Labute approximate surface area is 83.4 Å². The van der Waals surface area contributed by atoms with Gasteiger partial charge in [0.15, 0.2) is 0 Å². The van der Waals surface area contributed by atoms with Crippen LogP contribution in [0.2, 0.25) is 0 Å². The van der Waals surface area contributed by atoms with Crippen molar-refractivity contribution in [3.05, 3.63) is 0 Å². The highest BCUT2D eigenvalue weighted by atomic mass is 16.2. The van der Waals surface area contributed by atoms with Gasteiger partial charge in [-0.15, -0.1) is 0 Å². The molecule has 0 radical (unpaired) electrons. The summed E-state index contributed by atoms with van der Waals surface area (Å²) in [5.74, 6) is 0.835. The number of likely N-dealkylation sites (N-methyl/N-ethyl adjacent to an activating group) is 1. The highest BCUT2D eigenvalue weighted by molar-refractivity contribution is 6.05. The molecule has 2 aliphatic heterocycles. The molecule has 0 aromatic carbocycles. The Hall–Kier alpha value is -1.10. The van der Waals surface area contributed by atoms with Crippen LogP contribution >= 0.6 is 0 Å². The predicted molar refractivity (Wildman–Crippen MR) is 54.2 cm³/mol. The van der Waals surface area contributed by atoms with Crippen LogP contribution in [0.1, 0.15) is 13.3 Å². The first kappa shape index (κ1) is 9.45. The normalized spacial score (nSPS) is 37.9. The van der Waals surface area contributed by atoms with Gasteiger partial charge in [0.25, 0.3) is 0 Å². The Morgan fingerprint density at radius 1 is 1.71 bits per heavy atom. The molecule has 14 heavy (non-hydrogen) atoms. The Morgan fingerprint density at radius 2 is 2.43 bits per heavy atom. The third kappa shape index (κ3) is 1.05. The molecule has 1 saturated heterocycles. The highest BCUT2D eigenvalue weighted by Gasteiger charge is 2.48. The fraction of sp³-hybridized carbons (Fsp3) is 0.778. The maximum absolute atomic E-state index is 11.4. The zero-order valence-corrected chi connectivity index (χ0v) is 8.58. The number of carbonyl (C=O) groups excluding carboxylic acids is 1. The van der Waals surface area contributed by atoms with E-state index in [4.69, 9.17) is 5.73 Å². The summed E-state index contributed by atoms with van der Waals surface area (Å²) in [4.78, 5) is 16.9. The van der Waals surface area contributed by atoms with E-state index in [-0.39, 0.29) is 11.6 Å². The summed E-state index contributed by atoms with van der Waals surface area (Å²) < 4.78 is 0. The minimum atomic E-state index is -0.388. The van der Waals surface area contributed by atoms with Gasteiger partial charge in [-0.25, -0.2) is 4.79 Å². The summed E-state index contributed by atoms with van der Waals surface area (Å²) in [7, 11) is 1.77. The number of carbonyl (C=O) groups is 1. The lowest BCUT2D eigenvalue weighted by atomic mass is 9.83. The molecule has 1 fully saturated rings. The molecule has 2 rings (SSSR count). The average molecular weight is 196 g/mol. The van der Waals surface area contributed by atoms with Crippen molar-refractivity contribution in [1.29, 1.82) is 0 Å². The van der Waals surface area contributed by atoms with Crippen molar-refractivity contribution in [2.75, 3.05) is 20.1 Å². The Balaban J connectivity index is 2.30. The van der Waals surface area contributed by atoms with Gasteiger partial charge in [-0.2, -0.15) is 4.99 Å². The maximum Gasteiger partial charge on any atom is 0.345 e. The van der Waals surface area contributed by atoms with Crippen LogP contribution in [-0.2, 0) is 0 Å². The number of nitrogens with two attached hydrogens (primary N) is 1. The molecule has 0 spiro atoms. The summed E-state index contributed by atoms with van der Waals surface area (Å²) in [5, 5.41) is 3.28. The van der Waals surface area contributed by atoms with Gasteiger partial charge in [-0.3, -0.25) is 0 Å². The van der Waals surface area contributed by atoms with Gasteiger partial charge in [0.2, 0.25) is 0 Å². The number of amides is 2. The number of urea groups is 1. The standard InChI is InChI=1S/C9H16N4O/c1-9(6-3-4-11-5-6)7(10)12-8(14)13(9)2/h6,11H,3-5H2,1-2H3,(H2,10,12,14). The largest absolute Gasteiger partial charge is 0.385 e. The molecule has 0 aromatic heterocycles. The van der Waals surface area contributed by atoms with Gasteiger partial charge in [0.1, 0.15) is 11.4 Å². The van der Waals surface area contributed by atoms with Crippen molar-refractivity contribution in [2.24, 2.45) is 16.6 Å². The van der Waals surface area contributed by atoms with Crippen molar-refractivity contribution >= 4 is 11.9 Å². The minimum Gasteiger partial charge on any atom is -0.385 e. The molecule has 0 aromatic rings. The highest BCUT2D eigenvalue weighted by Crippen LogP contribution is 2.32. The molecule has 2 unspecified atom stereocenters. The Morgan fingerprint density at radius 3 is 2.86 bits per heavy atom. The molecular weight excluding hydrogens is 180 g/mol. The molecule has 5 heteroatoms. The van der Waals surface area contributed by atoms with Crippen LogP contribution in [0.4, 0.5) is 4.79 Å². The summed E-state index contributed by atoms with van der Waals surface area (Å²) >= 11 is 0. The number of rotatable bonds is 1. The molecule has 2 heterocycles. The number of aliphatic imine (C=N–C) groups is 1. The van der Waals surface area contributed by atoms with E-state index in [0.29, 0.717) is 11.8 Å². The summed E-state index contributed by atoms with van der Waals surface area (Å²) in [6.07, 6.45) is 1.05. The van der Waals surface area contributed by atoms with Gasteiger partial charge >= 0.3 is 6.03 Å². The van der Waals surface area contributed by atoms with Gasteiger partial charge in [-0.1, -0.05) is 0 Å². The van der Waals surface area contributed by atoms with Crippen LogP contribution in [0, 0.1) is 5.92 Å². The predicted octanol–water partition coefficient (Wildman–Crippen LogP) is -0.223. The monoisotopic (exact) mass is 196 g/mol. The Bertz CT molecular complexity index is 295. The molecule has 3 N–H and O–H groups in total. The minimum absolute atomic E-state index is 0.225. The first-order valence-corrected chi connectivity index (χ1v) is 4.90. The molecule has 0 saturated carbocycles. The van der Waals surface area contributed by atoms with Crippen molar-refractivity contribution in [3.8, 4) is 0 Å². The van der Waals surface area contributed by atoms with Gasteiger partial charge < -0.3 is 16.0 Å². The van der Waals surface area contributed by atoms with Crippen molar-refractivity contribution in [1.82, 2.24) is 10.2 Å². The van der Waals surface area contributed by atoms with Crippen LogP contribution in [-0.4, -0.2) is 42.4 Å². The fourth-order valence-corrected chi connectivity index (χ4v) is 2.28. The molecule has 2 amide bonds. The van der Waals surface area contributed by atoms with Crippen LogP contribution in [0.5, 0.6) is 0 Å². The smallest absolute Gasteiger partial charge is 0.345 e. The topological polar surface area (TPSA) is 70.7 Å². The van der Waals surface area contributed by atoms with Gasteiger partial charge in [0, 0.05) is 19.5 Å². The van der Waals surface area contributed by atoms with Crippen molar-refractivity contribution < 1.29 is 4.79 Å². The second kappa shape index (κ2) is 2.95. The zero-order chi connectivity index (χ0) is 10.3. The lowest BCUT2D eigenvalue weighted by Crippen LogP contribution is -2.55. The molecule has 0 aliphatic carbocycles. The van der Waals surface area contributed by atoms with E-state index in [1.54, 1.807) is 11.9 Å². The zero-order valence-electron chi connectivity index (χ0n) is 8.58. The van der Waals surface area contributed by atoms with Gasteiger partial charge in [0.05, 0.1) is 0 Å². The van der Waals surface area contributed by atoms with E-state index in [0.717, 1.165) is 19.5 Å². The number of hydrogen-bond acceptors (Lipinski definition) is 3. The van der Waals surface area contributed by atoms with Crippen LogP contribution in [0.3, 0.4) is 0 Å². The summed E-state index contributed by atoms with van der Waals surface area (Å²) in [6.45, 7) is 3.90. The molecular formula is C9H16N4O.